The van der Waals surface area contributed by atoms with Crippen LogP contribution in [0.4, 0.5) is 5.95 Å². The van der Waals surface area contributed by atoms with E-state index in [1.165, 1.54) is 0 Å². The number of nitrogens with zero attached hydrogens (tertiary/aromatic N) is 1. The molecule has 4 N–H and O–H groups in total. The first-order valence-electron chi connectivity index (χ1n) is 9.63. The van der Waals surface area contributed by atoms with E-state index in [1.807, 2.05) is 0 Å². The van der Waals surface area contributed by atoms with E-state index in [2.05, 4.69) is 15.0 Å². The van der Waals surface area contributed by atoms with Gasteiger partial charge in [0.1, 0.15) is 5.65 Å². The monoisotopic (exact) mass is 470 g/mol. The zero-order chi connectivity index (χ0) is 22.5. The molecule has 2 heterocycles. The van der Waals surface area contributed by atoms with Crippen molar-refractivity contribution in [2.45, 2.75) is 32.1 Å². The number of nitrogens with one attached hydrogen (secondary N) is 2. The molecule has 0 amide bonds. The molecule has 0 radical (unpaired) electrons. The van der Waals surface area contributed by atoms with E-state index < -0.39 is 30.1 Å². The Morgan fingerprint density at radius 3 is 2.33 bits per heavy atom. The first kappa shape index (κ1) is 29.1. The van der Waals surface area contributed by atoms with Gasteiger partial charge in [-0.1, -0.05) is 24.3 Å². The Labute approximate surface area is 233 Å². The van der Waals surface area contributed by atoms with Crippen molar-refractivity contribution in [2.75, 3.05) is 5.73 Å². The molecule has 3 aromatic rings. The number of aromatic amines is 2. The first-order valence-corrected chi connectivity index (χ1v) is 9.63. The molecular weight excluding hydrogens is 450 g/mol. The van der Waals surface area contributed by atoms with Crippen LogP contribution in [-0.4, -0.2) is 32.7 Å². The molecule has 0 saturated carbocycles. The van der Waals surface area contributed by atoms with Gasteiger partial charge in [0.25, 0.3) is 5.56 Å². The normalized spacial score (nSPS) is 11.3. The van der Waals surface area contributed by atoms with Crippen LogP contribution >= 0.6 is 0 Å². The van der Waals surface area contributed by atoms with Crippen LogP contribution in [0.3, 0.4) is 0 Å². The van der Waals surface area contributed by atoms with Crippen molar-refractivity contribution in [1.82, 2.24) is 15.0 Å². The number of Topliss-reactive ketones (excluding diaryl/α,β-unsaturated/α-hetero) is 1. The third kappa shape index (κ3) is 7.80. The zero-order valence-corrected chi connectivity index (χ0v) is 22.5. The van der Waals surface area contributed by atoms with Crippen molar-refractivity contribution in [1.29, 1.82) is 0 Å². The van der Waals surface area contributed by atoms with E-state index in [9.17, 15) is 29.4 Å². The largest absolute Gasteiger partial charge is 1.00 e. The number of rotatable bonds is 10. The SMILES string of the molecule is Nc1nc2[nH]cc(CCc3ccc(C(=O)C[C@@H](CCC(=O)[O-])C(=O)[O-])cc3)c2c(=O)[nH]1.[Na+].[Na+]. The second-order valence-corrected chi connectivity index (χ2v) is 7.24. The molecule has 3 rings (SSSR count). The molecule has 0 fully saturated rings. The molecular formula is C21H20N4Na2O6. The van der Waals surface area contributed by atoms with Gasteiger partial charge in [0.05, 0.1) is 5.39 Å². The summed E-state index contributed by atoms with van der Waals surface area (Å²) in [5.74, 6) is -4.40. The number of aliphatic carboxylic acids is 2. The van der Waals surface area contributed by atoms with Crippen molar-refractivity contribution in [3.63, 3.8) is 0 Å². The maximum absolute atomic E-state index is 12.4. The maximum Gasteiger partial charge on any atom is 1.00 e. The zero-order valence-electron chi connectivity index (χ0n) is 18.5. The van der Waals surface area contributed by atoms with Crippen LogP contribution in [0.15, 0.2) is 35.3 Å². The number of benzene rings is 1. The summed E-state index contributed by atoms with van der Waals surface area (Å²) in [4.78, 5) is 55.6. The second-order valence-electron chi connectivity index (χ2n) is 7.24. The van der Waals surface area contributed by atoms with Crippen molar-refractivity contribution in [2.24, 2.45) is 5.92 Å². The average molecular weight is 470 g/mol. The summed E-state index contributed by atoms with van der Waals surface area (Å²) in [5, 5.41) is 22.1. The van der Waals surface area contributed by atoms with E-state index in [0.717, 1.165) is 11.1 Å². The Hall–Kier alpha value is -1.95. The van der Waals surface area contributed by atoms with Gasteiger partial charge in [0.15, 0.2) is 5.78 Å². The molecule has 0 aliphatic heterocycles. The van der Waals surface area contributed by atoms with Gasteiger partial charge in [-0.05, 0) is 36.8 Å². The molecule has 1 atom stereocenters. The number of carboxylic acids is 2. The van der Waals surface area contributed by atoms with Gasteiger partial charge < -0.3 is 30.5 Å². The molecule has 10 nitrogen and oxygen atoms in total. The molecule has 0 bridgehead atoms. The summed E-state index contributed by atoms with van der Waals surface area (Å²) in [6.07, 6.45) is 1.83. The number of aromatic nitrogens is 3. The Kier molecular flexibility index (Phi) is 11.5. The van der Waals surface area contributed by atoms with Gasteiger partial charge in [-0.3, -0.25) is 14.6 Å². The third-order valence-electron chi connectivity index (χ3n) is 5.06. The number of carboxylic acid groups (broad SMARTS) is 2. The number of H-pyrrole nitrogens is 2. The number of ketones is 1. The fourth-order valence-electron chi connectivity index (χ4n) is 3.39. The topological polar surface area (TPSA) is 185 Å². The van der Waals surface area contributed by atoms with Crippen molar-refractivity contribution >= 4 is 34.7 Å². The molecule has 0 unspecified atom stereocenters. The Morgan fingerprint density at radius 2 is 1.73 bits per heavy atom. The average Bonchev–Trinajstić information content (AvgIpc) is 3.12. The van der Waals surface area contributed by atoms with Gasteiger partial charge in [-0.15, -0.1) is 0 Å². The molecule has 0 aliphatic rings. The molecule has 12 heteroatoms. The van der Waals surface area contributed by atoms with Crippen LogP contribution < -0.4 is 80.6 Å². The Balaban J connectivity index is 0.00000272. The van der Waals surface area contributed by atoms with Gasteiger partial charge in [-0.25, -0.2) is 0 Å². The molecule has 2 aromatic heterocycles. The number of carbonyl (C=O) groups is 3. The number of hydrogen-bond donors (Lipinski definition) is 3. The third-order valence-corrected chi connectivity index (χ3v) is 5.06. The minimum absolute atomic E-state index is 0. The van der Waals surface area contributed by atoms with E-state index >= 15 is 0 Å². The number of aryl methyl sites for hydroxylation is 2. The van der Waals surface area contributed by atoms with Crippen LogP contribution in [0, 0.1) is 5.92 Å². The number of anilines is 1. The van der Waals surface area contributed by atoms with E-state index in [0.29, 0.717) is 29.4 Å². The minimum atomic E-state index is -1.46. The minimum Gasteiger partial charge on any atom is -0.550 e. The Morgan fingerprint density at radius 1 is 1.06 bits per heavy atom. The standard InChI is InChI=1S/C21H22N4O6.2Na/c22-21-24-18-17(19(29)25-21)14(10-23-18)6-3-11-1-4-12(5-2-11)15(26)9-13(20(30)31)7-8-16(27)28;;/h1-2,4-5,10,13H,3,6-9H2,(H,27,28)(H,30,31)(H4,22,23,24,25,29);;/q;2*+1/p-2/t13-;;/m1../s1. The van der Waals surface area contributed by atoms with Gasteiger partial charge in [0, 0.05) is 36.0 Å². The number of nitrogens with two attached hydrogens (primary N) is 1. The summed E-state index contributed by atoms with van der Waals surface area (Å²) < 4.78 is 0. The number of carbonyl (C=O) groups excluding carboxylic acids is 3. The van der Waals surface area contributed by atoms with E-state index in [-0.39, 0.29) is 83.5 Å². The molecule has 33 heavy (non-hydrogen) atoms. The van der Waals surface area contributed by atoms with Crippen molar-refractivity contribution in [3.8, 4) is 0 Å². The van der Waals surface area contributed by atoms with Gasteiger partial charge >= 0.3 is 59.1 Å². The molecule has 162 valence electrons. The fourth-order valence-corrected chi connectivity index (χ4v) is 3.39. The number of fused-ring (bicyclic) bond motifs is 1. The molecule has 0 saturated heterocycles. The predicted molar refractivity (Wildman–Crippen MR) is 107 cm³/mol. The number of hydrogen-bond acceptors (Lipinski definition) is 8. The smallest absolute Gasteiger partial charge is 0.550 e. The summed E-state index contributed by atoms with van der Waals surface area (Å²) in [7, 11) is 0. The van der Waals surface area contributed by atoms with Crippen molar-refractivity contribution in [3.05, 3.63) is 57.5 Å². The van der Waals surface area contributed by atoms with E-state index in [4.69, 9.17) is 5.73 Å². The number of nitrogen functional groups attached to an aromatic ring is 1. The van der Waals surface area contributed by atoms with Crippen LogP contribution in [0.2, 0.25) is 0 Å². The Bertz CT molecular complexity index is 1190. The summed E-state index contributed by atoms with van der Waals surface area (Å²) in [6, 6.07) is 6.68. The fraction of sp³-hybridized carbons (Fsp3) is 0.286. The van der Waals surface area contributed by atoms with Crippen LogP contribution in [0.5, 0.6) is 0 Å². The second kappa shape index (κ2) is 13.1. The summed E-state index contributed by atoms with van der Waals surface area (Å²) in [6.45, 7) is 0. The maximum atomic E-state index is 12.4. The quantitative estimate of drug-likeness (QED) is 0.193. The van der Waals surface area contributed by atoms with Crippen LogP contribution in [0.1, 0.15) is 40.7 Å². The predicted octanol–water partition coefficient (Wildman–Crippen LogP) is -6.90. The van der Waals surface area contributed by atoms with Crippen LogP contribution in [-0.2, 0) is 22.4 Å². The van der Waals surface area contributed by atoms with E-state index in [1.54, 1.807) is 30.5 Å². The molecule has 1 aromatic carbocycles. The molecule has 0 aliphatic carbocycles. The summed E-state index contributed by atoms with van der Waals surface area (Å²) >= 11 is 0. The summed E-state index contributed by atoms with van der Waals surface area (Å²) in [5.41, 5.74) is 7.66. The van der Waals surface area contributed by atoms with Crippen LogP contribution in [0.25, 0.3) is 11.0 Å². The van der Waals surface area contributed by atoms with Gasteiger partial charge in [-0.2, -0.15) is 4.98 Å². The van der Waals surface area contributed by atoms with Crippen molar-refractivity contribution < 1.29 is 83.7 Å². The van der Waals surface area contributed by atoms with Gasteiger partial charge in [0.2, 0.25) is 5.95 Å². The molecule has 0 spiro atoms. The first-order chi connectivity index (χ1) is 14.7.